The van der Waals surface area contributed by atoms with E-state index in [9.17, 15) is 14.9 Å². The van der Waals surface area contributed by atoms with Gasteiger partial charge in [0.15, 0.2) is 0 Å². The van der Waals surface area contributed by atoms with Gasteiger partial charge in [-0.25, -0.2) is 0 Å². The van der Waals surface area contributed by atoms with Crippen LogP contribution in [0.4, 0.5) is 5.69 Å². The number of hydrogen-bond donors (Lipinski definition) is 0. The molecule has 0 unspecified atom stereocenters. The summed E-state index contributed by atoms with van der Waals surface area (Å²) in [6.07, 6.45) is 2.81. The van der Waals surface area contributed by atoms with Crippen molar-refractivity contribution in [2.75, 3.05) is 0 Å². The molecule has 0 saturated heterocycles. The average molecular weight is 284 g/mol. The molecule has 0 heterocycles. The first-order valence-electron chi connectivity index (χ1n) is 4.68. The fourth-order valence-corrected chi connectivity index (χ4v) is 1.57. The Kier molecular flexibility index (Phi) is 4.37. The van der Waals surface area contributed by atoms with Crippen molar-refractivity contribution in [1.82, 2.24) is 0 Å². The molecule has 84 valence electrons. The molecule has 0 amide bonds. The molecule has 0 atom stereocenters. The molecule has 1 rings (SSSR count). The number of hydrogen-bond acceptors (Lipinski definition) is 3. The van der Waals surface area contributed by atoms with Crippen LogP contribution >= 0.6 is 15.9 Å². The summed E-state index contributed by atoms with van der Waals surface area (Å²) in [6.45, 7) is 1.82. The first-order chi connectivity index (χ1) is 7.58. The van der Waals surface area contributed by atoms with Crippen molar-refractivity contribution >= 4 is 34.0 Å². The molecule has 0 aliphatic carbocycles. The summed E-state index contributed by atoms with van der Waals surface area (Å²) in [7, 11) is 0. The predicted molar refractivity (Wildman–Crippen MR) is 65.1 cm³/mol. The molecule has 0 aromatic heterocycles. The Balaban J connectivity index is 3.28. The summed E-state index contributed by atoms with van der Waals surface area (Å²) in [5, 5.41) is 10.8. The summed E-state index contributed by atoms with van der Waals surface area (Å²) in [4.78, 5) is 21.0. The van der Waals surface area contributed by atoms with Crippen LogP contribution in [-0.2, 0) is 4.79 Å². The van der Waals surface area contributed by atoms with Crippen LogP contribution in [0.2, 0.25) is 0 Å². The number of carbonyl (C=O) groups is 1. The molecule has 0 saturated carbocycles. The Hall–Kier alpha value is -1.49. The normalized spacial score (nSPS) is 11.2. The van der Waals surface area contributed by atoms with Gasteiger partial charge in [-0.3, -0.25) is 14.9 Å². The van der Waals surface area contributed by atoms with Gasteiger partial charge in [-0.1, -0.05) is 22.9 Å². The van der Waals surface area contributed by atoms with E-state index in [4.69, 9.17) is 0 Å². The van der Waals surface area contributed by atoms with Gasteiger partial charge >= 0.3 is 0 Å². The second kappa shape index (κ2) is 5.55. The summed E-state index contributed by atoms with van der Waals surface area (Å²) < 4.78 is 0.639. The molecular formula is C11H10BrNO3. The molecule has 5 heteroatoms. The van der Waals surface area contributed by atoms with Crippen molar-refractivity contribution in [3.8, 4) is 0 Å². The van der Waals surface area contributed by atoms with Gasteiger partial charge in [0, 0.05) is 10.5 Å². The first kappa shape index (κ1) is 12.6. The molecular weight excluding hydrogens is 274 g/mol. The molecule has 4 nitrogen and oxygen atoms in total. The van der Waals surface area contributed by atoms with Crippen molar-refractivity contribution in [1.29, 1.82) is 0 Å². The van der Waals surface area contributed by atoms with Crippen LogP contribution in [0.5, 0.6) is 0 Å². The van der Waals surface area contributed by atoms with Gasteiger partial charge in [-0.15, -0.1) is 0 Å². The number of rotatable bonds is 4. The lowest BCUT2D eigenvalue weighted by molar-refractivity contribution is -0.385. The fourth-order valence-electron chi connectivity index (χ4n) is 1.22. The second-order valence-corrected chi connectivity index (χ2v) is 4.07. The van der Waals surface area contributed by atoms with Crippen molar-refractivity contribution in [2.24, 2.45) is 0 Å². The van der Waals surface area contributed by atoms with Gasteiger partial charge in [0.25, 0.3) is 5.69 Å². The van der Waals surface area contributed by atoms with E-state index in [0.29, 0.717) is 28.3 Å². The molecule has 0 N–H and O–H groups in total. The van der Waals surface area contributed by atoms with Crippen LogP contribution in [0.15, 0.2) is 28.2 Å². The minimum Gasteiger partial charge on any atom is -0.298 e. The number of nitro benzene ring substituents is 1. The first-order valence-corrected chi connectivity index (χ1v) is 5.47. The van der Waals surface area contributed by atoms with Gasteiger partial charge in [0.2, 0.25) is 0 Å². The van der Waals surface area contributed by atoms with Gasteiger partial charge < -0.3 is 0 Å². The van der Waals surface area contributed by atoms with Crippen LogP contribution in [-0.4, -0.2) is 11.2 Å². The van der Waals surface area contributed by atoms with Crippen molar-refractivity contribution in [3.63, 3.8) is 0 Å². The maximum Gasteiger partial charge on any atom is 0.277 e. The number of benzene rings is 1. The number of carbonyl (C=O) groups excluding carboxylic acids is 1. The largest absolute Gasteiger partial charge is 0.298 e. The third-order valence-corrected chi connectivity index (χ3v) is 2.58. The van der Waals surface area contributed by atoms with Gasteiger partial charge in [0.1, 0.15) is 6.29 Å². The van der Waals surface area contributed by atoms with Crippen molar-refractivity contribution in [3.05, 3.63) is 43.9 Å². The third-order valence-electron chi connectivity index (χ3n) is 2.09. The van der Waals surface area contributed by atoms with Gasteiger partial charge in [-0.2, -0.15) is 0 Å². The summed E-state index contributed by atoms with van der Waals surface area (Å²) >= 11 is 3.17. The van der Waals surface area contributed by atoms with E-state index in [0.717, 1.165) is 0 Å². The predicted octanol–water partition coefficient (Wildman–Crippen LogP) is 3.35. The van der Waals surface area contributed by atoms with E-state index in [1.807, 2.05) is 6.92 Å². The SMILES string of the molecule is CC/C(C=O)=C/c1ccc(Br)cc1[N+](=O)[O-]. The molecule has 0 aliphatic heterocycles. The van der Waals surface area contributed by atoms with Crippen LogP contribution < -0.4 is 0 Å². The van der Waals surface area contributed by atoms with Crippen LogP contribution in [0.25, 0.3) is 6.08 Å². The molecule has 0 radical (unpaired) electrons. The number of nitrogens with zero attached hydrogens (tertiary/aromatic N) is 1. The minimum atomic E-state index is -0.464. The lowest BCUT2D eigenvalue weighted by atomic mass is 10.1. The molecule has 16 heavy (non-hydrogen) atoms. The zero-order valence-corrected chi connectivity index (χ0v) is 10.2. The van der Waals surface area contributed by atoms with Crippen molar-refractivity contribution in [2.45, 2.75) is 13.3 Å². The molecule has 0 aliphatic rings. The van der Waals surface area contributed by atoms with E-state index in [-0.39, 0.29) is 5.69 Å². The highest BCUT2D eigenvalue weighted by Gasteiger charge is 2.12. The Morgan fingerprint density at radius 2 is 2.25 bits per heavy atom. The number of nitro groups is 1. The maximum atomic E-state index is 10.8. The quantitative estimate of drug-likeness (QED) is 0.368. The van der Waals surface area contributed by atoms with E-state index in [2.05, 4.69) is 15.9 Å². The second-order valence-electron chi connectivity index (χ2n) is 3.15. The molecule has 1 aromatic rings. The number of aldehydes is 1. The topological polar surface area (TPSA) is 60.2 Å². The van der Waals surface area contributed by atoms with Crippen LogP contribution in [0.3, 0.4) is 0 Å². The summed E-state index contributed by atoms with van der Waals surface area (Å²) in [5.41, 5.74) is 0.963. The van der Waals surface area contributed by atoms with Crippen LogP contribution in [0.1, 0.15) is 18.9 Å². The van der Waals surface area contributed by atoms with Crippen molar-refractivity contribution < 1.29 is 9.72 Å². The Morgan fingerprint density at radius 3 is 2.75 bits per heavy atom. The van der Waals surface area contributed by atoms with E-state index in [1.54, 1.807) is 12.1 Å². The Labute approximate surface area is 101 Å². The number of halogens is 1. The highest BCUT2D eigenvalue weighted by molar-refractivity contribution is 9.10. The maximum absolute atomic E-state index is 10.8. The zero-order valence-electron chi connectivity index (χ0n) is 8.64. The summed E-state index contributed by atoms with van der Waals surface area (Å²) in [5.74, 6) is 0. The standard InChI is InChI=1S/C11H10BrNO3/c1-2-8(7-14)5-9-3-4-10(12)6-11(9)13(15)16/h3-7H,2H2,1H3/b8-5-. The fraction of sp³-hybridized carbons (Fsp3) is 0.182. The van der Waals surface area contributed by atoms with E-state index >= 15 is 0 Å². The van der Waals surface area contributed by atoms with Gasteiger partial charge in [-0.05, 0) is 30.2 Å². The lowest BCUT2D eigenvalue weighted by Crippen LogP contribution is -1.92. The zero-order chi connectivity index (χ0) is 12.1. The molecule has 0 fully saturated rings. The Morgan fingerprint density at radius 1 is 1.56 bits per heavy atom. The monoisotopic (exact) mass is 283 g/mol. The third kappa shape index (κ3) is 3.00. The molecule has 0 bridgehead atoms. The van der Waals surface area contributed by atoms with Crippen LogP contribution in [0, 0.1) is 10.1 Å². The van der Waals surface area contributed by atoms with E-state index < -0.39 is 4.92 Å². The molecule has 1 aromatic carbocycles. The molecule has 0 spiro atoms. The Bertz CT molecular complexity index is 455. The minimum absolute atomic E-state index is 0.0119. The lowest BCUT2D eigenvalue weighted by Gasteiger charge is -1.99. The number of allylic oxidation sites excluding steroid dienone is 1. The smallest absolute Gasteiger partial charge is 0.277 e. The highest BCUT2D eigenvalue weighted by atomic mass is 79.9. The van der Waals surface area contributed by atoms with E-state index in [1.165, 1.54) is 12.1 Å². The highest BCUT2D eigenvalue weighted by Crippen LogP contribution is 2.25. The summed E-state index contributed by atoms with van der Waals surface area (Å²) in [6, 6.07) is 4.74. The average Bonchev–Trinajstić information content (AvgIpc) is 2.27. The van der Waals surface area contributed by atoms with Gasteiger partial charge in [0.05, 0.1) is 10.5 Å².